The molecule has 0 amide bonds. The normalized spacial score (nSPS) is 12.5. The van der Waals surface area contributed by atoms with Crippen LogP contribution in [0.3, 0.4) is 0 Å². The molecule has 0 fully saturated rings. The Bertz CT molecular complexity index is 412. The number of nitro groups is 1. The molecule has 0 unspecified atom stereocenters. The van der Waals surface area contributed by atoms with Crippen LogP contribution >= 0.6 is 11.8 Å². The molecule has 0 saturated carbocycles. The van der Waals surface area contributed by atoms with E-state index in [0.29, 0.717) is 6.07 Å². The van der Waals surface area contributed by atoms with Gasteiger partial charge in [0.05, 0.1) is 11.0 Å². The molecule has 1 aromatic rings. The Morgan fingerprint density at radius 2 is 2.19 bits per heavy atom. The lowest BCUT2D eigenvalue weighted by Gasteiger charge is -2.06. The van der Waals surface area contributed by atoms with Gasteiger partial charge in [0, 0.05) is 11.8 Å². The van der Waals surface area contributed by atoms with Gasteiger partial charge in [0.2, 0.25) is 0 Å². The van der Waals surface area contributed by atoms with Gasteiger partial charge in [-0.3, -0.25) is 10.1 Å². The minimum absolute atomic E-state index is 0.0568. The zero-order valence-corrected chi connectivity index (χ0v) is 9.13. The number of hydrogen-bond acceptors (Lipinski definition) is 4. The van der Waals surface area contributed by atoms with E-state index in [1.54, 1.807) is 0 Å². The van der Waals surface area contributed by atoms with Crippen molar-refractivity contribution in [2.75, 3.05) is 5.75 Å². The topological polar surface area (TPSA) is 63.4 Å². The molecule has 7 heteroatoms. The Labute approximate surface area is 94.4 Å². The van der Waals surface area contributed by atoms with E-state index in [9.17, 15) is 18.9 Å². The van der Waals surface area contributed by atoms with Gasteiger partial charge in [0.1, 0.15) is 4.90 Å². The molecular weight excluding hydrogens is 240 g/mol. The molecule has 1 atom stereocenters. The highest BCUT2D eigenvalue weighted by atomic mass is 32.2. The summed E-state index contributed by atoms with van der Waals surface area (Å²) in [4.78, 5) is 9.40. The molecular formula is C9H9F2NO3S. The van der Waals surface area contributed by atoms with Crippen molar-refractivity contribution in [3.63, 3.8) is 0 Å². The maximum atomic E-state index is 13.3. The van der Waals surface area contributed by atoms with Crippen molar-refractivity contribution in [3.8, 4) is 0 Å². The van der Waals surface area contributed by atoms with Crippen LogP contribution in [0, 0.1) is 21.7 Å². The van der Waals surface area contributed by atoms with E-state index < -0.39 is 28.3 Å². The van der Waals surface area contributed by atoms with Gasteiger partial charge in [-0.2, -0.15) is 0 Å². The van der Waals surface area contributed by atoms with Crippen molar-refractivity contribution in [2.24, 2.45) is 0 Å². The molecule has 0 aromatic heterocycles. The summed E-state index contributed by atoms with van der Waals surface area (Å²) >= 11 is 0.718. The minimum atomic E-state index is -1.25. The summed E-state index contributed by atoms with van der Waals surface area (Å²) in [6, 6.07) is 1.61. The Morgan fingerprint density at radius 1 is 1.56 bits per heavy atom. The molecule has 88 valence electrons. The molecule has 0 aliphatic rings. The van der Waals surface area contributed by atoms with Crippen molar-refractivity contribution in [2.45, 2.75) is 17.9 Å². The third-order valence-corrected chi connectivity index (χ3v) is 3.02. The zero-order chi connectivity index (χ0) is 12.3. The predicted molar refractivity (Wildman–Crippen MR) is 55.4 cm³/mol. The van der Waals surface area contributed by atoms with Crippen molar-refractivity contribution in [1.82, 2.24) is 0 Å². The number of nitro benzene ring substituents is 1. The number of nitrogens with zero attached hydrogens (tertiary/aromatic N) is 1. The van der Waals surface area contributed by atoms with Gasteiger partial charge in [0.25, 0.3) is 5.69 Å². The lowest BCUT2D eigenvalue weighted by Crippen LogP contribution is -2.04. The Balaban J connectivity index is 3.11. The molecule has 0 aliphatic carbocycles. The largest absolute Gasteiger partial charge is 0.393 e. The average Bonchev–Trinajstić information content (AvgIpc) is 2.19. The second-order valence-corrected chi connectivity index (χ2v) is 4.16. The fourth-order valence-corrected chi connectivity index (χ4v) is 1.93. The van der Waals surface area contributed by atoms with E-state index in [4.69, 9.17) is 5.11 Å². The second-order valence-electron chi connectivity index (χ2n) is 3.13. The highest BCUT2D eigenvalue weighted by Gasteiger charge is 2.22. The zero-order valence-electron chi connectivity index (χ0n) is 8.31. The maximum Gasteiger partial charge on any atom is 0.286 e. The van der Waals surface area contributed by atoms with Crippen LogP contribution in [0.25, 0.3) is 0 Å². The SMILES string of the molecule is C[C@H](O)CSc1c([N+](=O)[O-])ccc(F)c1F. The lowest BCUT2D eigenvalue weighted by molar-refractivity contribution is -0.388. The second kappa shape index (κ2) is 5.22. The highest BCUT2D eigenvalue weighted by Crippen LogP contribution is 2.33. The van der Waals surface area contributed by atoms with Crippen LogP contribution < -0.4 is 0 Å². The number of rotatable bonds is 4. The Morgan fingerprint density at radius 3 is 2.69 bits per heavy atom. The molecule has 1 rings (SSSR count). The van der Waals surface area contributed by atoms with Crippen LogP contribution in [0.5, 0.6) is 0 Å². The van der Waals surface area contributed by atoms with Crippen LogP contribution in [-0.4, -0.2) is 21.9 Å². The van der Waals surface area contributed by atoms with Gasteiger partial charge in [-0.1, -0.05) is 0 Å². The third-order valence-electron chi connectivity index (χ3n) is 1.69. The van der Waals surface area contributed by atoms with E-state index in [-0.39, 0.29) is 10.6 Å². The molecule has 0 aliphatic heterocycles. The van der Waals surface area contributed by atoms with Gasteiger partial charge < -0.3 is 5.11 Å². The van der Waals surface area contributed by atoms with Crippen LogP contribution in [0.1, 0.15) is 6.92 Å². The van der Waals surface area contributed by atoms with E-state index in [1.165, 1.54) is 6.92 Å². The van der Waals surface area contributed by atoms with Gasteiger partial charge in [-0.05, 0) is 13.0 Å². The van der Waals surface area contributed by atoms with Gasteiger partial charge >= 0.3 is 0 Å². The molecule has 1 aromatic carbocycles. The van der Waals surface area contributed by atoms with Gasteiger partial charge in [-0.25, -0.2) is 8.78 Å². The van der Waals surface area contributed by atoms with E-state index in [2.05, 4.69) is 0 Å². The fraction of sp³-hybridized carbons (Fsp3) is 0.333. The Kier molecular flexibility index (Phi) is 4.19. The van der Waals surface area contributed by atoms with Gasteiger partial charge in [0.15, 0.2) is 11.6 Å². The average molecular weight is 249 g/mol. The minimum Gasteiger partial charge on any atom is -0.393 e. The first-order valence-electron chi connectivity index (χ1n) is 4.36. The first-order valence-corrected chi connectivity index (χ1v) is 5.35. The van der Waals surface area contributed by atoms with E-state index >= 15 is 0 Å². The van der Waals surface area contributed by atoms with Crippen molar-refractivity contribution in [3.05, 3.63) is 33.9 Å². The number of thioether (sulfide) groups is 1. The molecule has 0 saturated heterocycles. The summed E-state index contributed by atoms with van der Waals surface area (Å²) in [5.74, 6) is -2.33. The molecule has 1 N–H and O–H groups in total. The smallest absolute Gasteiger partial charge is 0.286 e. The molecule has 16 heavy (non-hydrogen) atoms. The van der Waals surface area contributed by atoms with Crippen LogP contribution in [0.4, 0.5) is 14.5 Å². The third kappa shape index (κ3) is 2.89. The van der Waals surface area contributed by atoms with Crippen LogP contribution in [0.15, 0.2) is 17.0 Å². The summed E-state index contributed by atoms with van der Waals surface area (Å²) < 4.78 is 26.2. The monoisotopic (exact) mass is 249 g/mol. The Hall–Kier alpha value is -1.21. The maximum absolute atomic E-state index is 13.3. The van der Waals surface area contributed by atoms with Crippen molar-refractivity contribution < 1.29 is 18.8 Å². The summed E-state index contributed by atoms with van der Waals surface area (Å²) in [5, 5.41) is 19.6. The van der Waals surface area contributed by atoms with Crippen LogP contribution in [-0.2, 0) is 0 Å². The summed E-state index contributed by atoms with van der Waals surface area (Å²) in [5.41, 5.74) is -0.496. The molecule has 0 spiro atoms. The summed E-state index contributed by atoms with van der Waals surface area (Å²) in [6.45, 7) is 1.45. The summed E-state index contributed by atoms with van der Waals surface area (Å²) in [6.07, 6.45) is -0.757. The van der Waals surface area contributed by atoms with E-state index in [1.807, 2.05) is 0 Å². The first kappa shape index (κ1) is 12.9. The molecule has 0 heterocycles. The molecule has 0 bridgehead atoms. The fourth-order valence-electron chi connectivity index (χ4n) is 1.01. The van der Waals surface area contributed by atoms with Crippen molar-refractivity contribution in [1.29, 1.82) is 0 Å². The first-order chi connectivity index (χ1) is 7.43. The van der Waals surface area contributed by atoms with Gasteiger partial charge in [-0.15, -0.1) is 11.8 Å². The van der Waals surface area contributed by atoms with E-state index in [0.717, 1.165) is 17.8 Å². The van der Waals surface area contributed by atoms with Crippen LogP contribution in [0.2, 0.25) is 0 Å². The number of halogens is 2. The predicted octanol–water partition coefficient (Wildman–Crippen LogP) is 2.35. The highest BCUT2D eigenvalue weighted by molar-refractivity contribution is 7.99. The summed E-state index contributed by atoms with van der Waals surface area (Å²) in [7, 11) is 0. The molecule has 4 nitrogen and oxygen atoms in total. The standard InChI is InChI=1S/C9H9F2NO3S/c1-5(13)4-16-9-7(12(14)15)3-2-6(10)8(9)11/h2-3,5,13H,4H2,1H3/t5-/m0/s1. The number of benzene rings is 1. The number of hydrogen-bond donors (Lipinski definition) is 1. The number of aliphatic hydroxyl groups excluding tert-OH is 1. The quantitative estimate of drug-likeness (QED) is 0.505. The number of aliphatic hydroxyl groups is 1. The lowest BCUT2D eigenvalue weighted by atomic mass is 10.3. The molecule has 0 radical (unpaired) electrons. The van der Waals surface area contributed by atoms with Crippen molar-refractivity contribution >= 4 is 17.4 Å².